The fourth-order valence-corrected chi connectivity index (χ4v) is 4.46. The van der Waals surface area contributed by atoms with Crippen molar-refractivity contribution in [1.29, 1.82) is 0 Å². The molecule has 12 heteroatoms. The van der Waals surface area contributed by atoms with Gasteiger partial charge < -0.3 is 24.7 Å². The fourth-order valence-electron chi connectivity index (χ4n) is 4.46. The van der Waals surface area contributed by atoms with E-state index in [2.05, 4.69) is 30.4 Å². The average Bonchev–Trinajstić information content (AvgIpc) is 3.58. The van der Waals surface area contributed by atoms with Crippen molar-refractivity contribution in [3.8, 4) is 22.8 Å². The lowest BCUT2D eigenvalue weighted by molar-refractivity contribution is -0.144. The predicted molar refractivity (Wildman–Crippen MR) is 140 cm³/mol. The summed E-state index contributed by atoms with van der Waals surface area (Å²) in [6.45, 7) is 6.09. The molecule has 12 nitrogen and oxygen atoms in total. The van der Waals surface area contributed by atoms with E-state index in [9.17, 15) is 9.90 Å². The van der Waals surface area contributed by atoms with Crippen LogP contribution in [0.2, 0.25) is 0 Å². The molecule has 0 spiro atoms. The number of pyridine rings is 1. The second kappa shape index (κ2) is 9.95. The lowest BCUT2D eigenvalue weighted by Crippen LogP contribution is -2.35. The molecule has 5 heterocycles. The van der Waals surface area contributed by atoms with Crippen LogP contribution in [0.1, 0.15) is 23.6 Å². The van der Waals surface area contributed by atoms with Gasteiger partial charge in [-0.15, -0.1) is 0 Å². The van der Waals surface area contributed by atoms with E-state index in [1.807, 2.05) is 44.8 Å². The van der Waals surface area contributed by atoms with Gasteiger partial charge in [0.25, 0.3) is 5.91 Å². The van der Waals surface area contributed by atoms with Crippen LogP contribution in [0.5, 0.6) is 0 Å². The summed E-state index contributed by atoms with van der Waals surface area (Å²) in [5.41, 5.74) is 3.23. The molecule has 1 saturated heterocycles. The van der Waals surface area contributed by atoms with Gasteiger partial charge in [-0.25, -0.2) is 15.0 Å². The van der Waals surface area contributed by atoms with Gasteiger partial charge >= 0.3 is 0 Å². The van der Waals surface area contributed by atoms with Gasteiger partial charge in [-0.05, 0) is 46.1 Å². The molecule has 0 bridgehead atoms. The highest BCUT2D eigenvalue weighted by Crippen LogP contribution is 2.34. The lowest BCUT2D eigenvalue weighted by Gasteiger charge is -2.16. The highest BCUT2D eigenvalue weighted by atomic mass is 16.5. The van der Waals surface area contributed by atoms with Gasteiger partial charge in [0.15, 0.2) is 5.76 Å². The van der Waals surface area contributed by atoms with Crippen LogP contribution in [0.4, 0.5) is 11.6 Å². The first-order valence-corrected chi connectivity index (χ1v) is 12.4. The third-order valence-corrected chi connectivity index (χ3v) is 6.73. The SMILES string of the molecule is Cc1nn(CCN(C)C)c(C)c1Nc1nccc(-c2cccc(-c3cc([C@]4(O)CCN(C)C4=O)on3)n2)n1. The normalized spacial score (nSPS) is 17.6. The van der Waals surface area contributed by atoms with Crippen molar-refractivity contribution in [2.75, 3.05) is 39.5 Å². The number of hydrogen-bond acceptors (Lipinski definition) is 10. The van der Waals surface area contributed by atoms with Crippen molar-refractivity contribution in [3.05, 3.63) is 53.7 Å². The minimum atomic E-state index is -1.71. The minimum absolute atomic E-state index is 0.111. The number of aromatic nitrogens is 6. The number of carbonyl (C=O) groups is 1. The zero-order valence-corrected chi connectivity index (χ0v) is 22.1. The number of likely N-dealkylation sites (tertiary alicyclic amines) is 1. The minimum Gasteiger partial charge on any atom is -0.373 e. The molecule has 0 saturated carbocycles. The zero-order valence-electron chi connectivity index (χ0n) is 22.1. The molecule has 38 heavy (non-hydrogen) atoms. The molecule has 1 aliphatic heterocycles. The average molecular weight is 518 g/mol. The molecule has 2 N–H and O–H groups in total. The molecule has 198 valence electrons. The Balaban J connectivity index is 1.38. The van der Waals surface area contributed by atoms with Crippen LogP contribution in [-0.4, -0.2) is 84.9 Å². The maximum Gasteiger partial charge on any atom is 0.262 e. The van der Waals surface area contributed by atoms with Crippen LogP contribution in [-0.2, 0) is 16.9 Å². The summed E-state index contributed by atoms with van der Waals surface area (Å²) in [6, 6.07) is 8.81. The molecule has 0 aliphatic carbocycles. The first kappa shape index (κ1) is 25.5. The predicted octanol–water partition coefficient (Wildman–Crippen LogP) is 2.36. The third-order valence-electron chi connectivity index (χ3n) is 6.73. The number of anilines is 2. The Bertz CT molecular complexity index is 1480. The molecule has 1 atom stereocenters. The summed E-state index contributed by atoms with van der Waals surface area (Å²) in [4.78, 5) is 29.8. The number of likely N-dealkylation sites (N-methyl/N-ethyl adjacent to an activating group) is 2. The molecular weight excluding hydrogens is 486 g/mol. The molecule has 0 aromatic carbocycles. The summed E-state index contributed by atoms with van der Waals surface area (Å²) >= 11 is 0. The Hall–Kier alpha value is -4.16. The smallest absolute Gasteiger partial charge is 0.262 e. The van der Waals surface area contributed by atoms with Crippen molar-refractivity contribution in [2.45, 2.75) is 32.4 Å². The Morgan fingerprint density at radius 1 is 1.13 bits per heavy atom. The van der Waals surface area contributed by atoms with E-state index in [1.54, 1.807) is 31.4 Å². The van der Waals surface area contributed by atoms with Gasteiger partial charge in [0.1, 0.15) is 5.69 Å². The van der Waals surface area contributed by atoms with E-state index in [0.717, 1.165) is 30.2 Å². The van der Waals surface area contributed by atoms with Crippen molar-refractivity contribution in [3.63, 3.8) is 0 Å². The molecule has 1 amide bonds. The number of carbonyl (C=O) groups excluding carboxylic acids is 1. The van der Waals surface area contributed by atoms with Gasteiger partial charge in [0.2, 0.25) is 11.5 Å². The summed E-state index contributed by atoms with van der Waals surface area (Å²) in [7, 11) is 5.72. The van der Waals surface area contributed by atoms with Crippen LogP contribution >= 0.6 is 0 Å². The topological polar surface area (TPSA) is 138 Å². The van der Waals surface area contributed by atoms with Crippen molar-refractivity contribution < 1.29 is 14.4 Å². The number of nitrogens with zero attached hydrogens (tertiary/aromatic N) is 8. The standard InChI is InChI=1S/C26H31N9O3/c1-16-23(17(2)35(31-16)14-13-33(3)4)30-25-27-11-9-20(29-25)18-7-6-8-19(28-18)21-15-22(38-32-21)26(37)10-12-34(5)24(26)36/h6-9,11,15,37H,10,12-14H2,1-5H3,(H,27,29,30)/t26-/m1/s1. The number of rotatable bonds is 8. The molecule has 1 aliphatic rings. The van der Waals surface area contributed by atoms with Gasteiger partial charge in [-0.3, -0.25) is 9.48 Å². The van der Waals surface area contributed by atoms with Crippen LogP contribution in [0, 0.1) is 13.8 Å². The van der Waals surface area contributed by atoms with Gasteiger partial charge in [0, 0.05) is 38.8 Å². The van der Waals surface area contributed by atoms with E-state index in [-0.39, 0.29) is 12.2 Å². The molecule has 0 unspecified atom stereocenters. The Kier molecular flexibility index (Phi) is 6.67. The third kappa shape index (κ3) is 4.75. The van der Waals surface area contributed by atoms with Gasteiger partial charge in [-0.2, -0.15) is 5.10 Å². The van der Waals surface area contributed by atoms with Crippen molar-refractivity contribution in [1.82, 2.24) is 39.7 Å². The van der Waals surface area contributed by atoms with E-state index in [1.165, 1.54) is 4.90 Å². The first-order chi connectivity index (χ1) is 18.2. The van der Waals surface area contributed by atoms with Crippen LogP contribution in [0.25, 0.3) is 22.8 Å². The first-order valence-electron chi connectivity index (χ1n) is 12.4. The second-order valence-corrected chi connectivity index (χ2v) is 9.78. The number of nitrogens with one attached hydrogen (secondary N) is 1. The largest absolute Gasteiger partial charge is 0.373 e. The quantitative estimate of drug-likeness (QED) is 0.358. The van der Waals surface area contributed by atoms with Crippen LogP contribution in [0.3, 0.4) is 0 Å². The summed E-state index contributed by atoms with van der Waals surface area (Å²) in [5.74, 6) is 0.138. The summed E-state index contributed by atoms with van der Waals surface area (Å²) in [5, 5.41) is 22.9. The Morgan fingerprint density at radius 2 is 1.87 bits per heavy atom. The van der Waals surface area contributed by atoms with E-state index < -0.39 is 11.5 Å². The molecular formula is C26H31N9O3. The Labute approximate surface area is 220 Å². The maximum atomic E-state index is 12.4. The maximum absolute atomic E-state index is 12.4. The highest BCUT2D eigenvalue weighted by molar-refractivity contribution is 5.87. The van der Waals surface area contributed by atoms with Crippen molar-refractivity contribution >= 4 is 17.5 Å². The Morgan fingerprint density at radius 3 is 2.58 bits per heavy atom. The molecule has 1 fully saturated rings. The highest BCUT2D eigenvalue weighted by Gasteiger charge is 2.48. The number of hydrogen-bond donors (Lipinski definition) is 2. The second-order valence-electron chi connectivity index (χ2n) is 9.78. The van der Waals surface area contributed by atoms with E-state index in [4.69, 9.17) is 9.51 Å². The van der Waals surface area contributed by atoms with Gasteiger partial charge in [0.05, 0.1) is 40.7 Å². The van der Waals surface area contributed by atoms with Crippen LogP contribution < -0.4 is 5.32 Å². The summed E-state index contributed by atoms with van der Waals surface area (Å²) in [6.07, 6.45) is 1.92. The number of aliphatic hydroxyl groups is 1. The van der Waals surface area contributed by atoms with E-state index in [0.29, 0.717) is 35.3 Å². The zero-order chi connectivity index (χ0) is 27.0. The molecule has 4 aromatic rings. The number of aryl methyl sites for hydroxylation is 1. The molecule has 4 aromatic heterocycles. The van der Waals surface area contributed by atoms with Crippen LogP contribution in [0.15, 0.2) is 41.1 Å². The lowest BCUT2D eigenvalue weighted by atomic mass is 9.98. The fraction of sp³-hybridized carbons (Fsp3) is 0.385. The summed E-state index contributed by atoms with van der Waals surface area (Å²) < 4.78 is 7.36. The van der Waals surface area contributed by atoms with Crippen molar-refractivity contribution in [2.24, 2.45) is 0 Å². The van der Waals surface area contributed by atoms with Gasteiger partial charge in [-0.1, -0.05) is 11.2 Å². The molecule has 0 radical (unpaired) electrons. The number of amides is 1. The van der Waals surface area contributed by atoms with E-state index >= 15 is 0 Å². The molecule has 5 rings (SSSR count). The monoisotopic (exact) mass is 517 g/mol.